The molecule has 1 aromatic carbocycles. The van der Waals surface area contributed by atoms with E-state index in [2.05, 4.69) is 26.0 Å². The van der Waals surface area contributed by atoms with E-state index in [1.165, 1.54) is 17.3 Å². The Labute approximate surface area is 110 Å². The molecule has 0 saturated heterocycles. The van der Waals surface area contributed by atoms with E-state index in [1.54, 1.807) is 6.08 Å². The van der Waals surface area contributed by atoms with Crippen LogP contribution in [0.1, 0.15) is 16.7 Å². The van der Waals surface area contributed by atoms with Crippen LogP contribution in [0.5, 0.6) is 0 Å². The van der Waals surface area contributed by atoms with Crippen LogP contribution in [0.3, 0.4) is 0 Å². The van der Waals surface area contributed by atoms with Crippen molar-refractivity contribution in [1.82, 2.24) is 0 Å². The van der Waals surface area contributed by atoms with Crippen molar-refractivity contribution in [1.29, 1.82) is 0 Å². The Kier molecular flexibility index (Phi) is 3.91. The van der Waals surface area contributed by atoms with Crippen LogP contribution in [0.15, 0.2) is 42.1 Å². The minimum atomic E-state index is -0.184. The Morgan fingerprint density at radius 2 is 2.06 bits per heavy atom. The van der Waals surface area contributed by atoms with E-state index in [1.807, 2.05) is 12.1 Å². The van der Waals surface area contributed by atoms with Gasteiger partial charge in [0.15, 0.2) is 11.3 Å². The summed E-state index contributed by atoms with van der Waals surface area (Å²) in [5, 5.41) is 11.4. The molecule has 3 nitrogen and oxygen atoms in total. The van der Waals surface area contributed by atoms with E-state index in [0.717, 1.165) is 11.1 Å². The molecule has 4 heteroatoms. The van der Waals surface area contributed by atoms with Crippen molar-refractivity contribution in [2.75, 3.05) is 0 Å². The molecule has 1 aliphatic heterocycles. The molecule has 0 amide bonds. The summed E-state index contributed by atoms with van der Waals surface area (Å²) in [7, 11) is 0. The Hall–Kier alpha value is -1.49. The second-order valence-corrected chi connectivity index (χ2v) is 5.00. The van der Waals surface area contributed by atoms with Crippen molar-refractivity contribution in [2.24, 2.45) is 0 Å². The maximum absolute atomic E-state index is 11.6. The maximum atomic E-state index is 11.6. The van der Waals surface area contributed by atoms with Crippen molar-refractivity contribution in [2.45, 2.75) is 20.3 Å². The molecule has 0 aliphatic carbocycles. The SMILES string of the molecule is Cc1ccc(CC2=CC=C[NH+]([O-])C2=S=O)cc1C. The lowest BCUT2D eigenvalue weighted by Crippen LogP contribution is -3.06. The summed E-state index contributed by atoms with van der Waals surface area (Å²) in [5.41, 5.74) is 4.40. The van der Waals surface area contributed by atoms with Crippen LogP contribution in [-0.2, 0) is 17.7 Å². The first-order valence-corrected chi connectivity index (χ1v) is 6.51. The van der Waals surface area contributed by atoms with Gasteiger partial charge in [-0.2, -0.15) is 0 Å². The Bertz CT molecular complexity index is 583. The molecule has 2 rings (SSSR count). The Morgan fingerprint density at radius 3 is 2.72 bits per heavy atom. The highest BCUT2D eigenvalue weighted by Gasteiger charge is 2.16. The zero-order chi connectivity index (χ0) is 13.1. The van der Waals surface area contributed by atoms with Crippen molar-refractivity contribution < 1.29 is 9.27 Å². The zero-order valence-electron chi connectivity index (χ0n) is 10.4. The number of rotatable bonds is 2. The van der Waals surface area contributed by atoms with E-state index in [-0.39, 0.29) is 16.3 Å². The van der Waals surface area contributed by atoms with Crippen LogP contribution >= 0.6 is 0 Å². The van der Waals surface area contributed by atoms with Crippen LogP contribution in [0.2, 0.25) is 0 Å². The average molecular weight is 261 g/mol. The van der Waals surface area contributed by atoms with E-state index < -0.39 is 0 Å². The molecule has 0 saturated carbocycles. The molecule has 94 valence electrons. The standard InChI is InChI=1S/C14H15NO2S/c1-10-5-6-12(8-11(10)2)9-13-4-3-7-15(16)14(13)18-17/h3-8,15H,9H2,1-2H3. The molecule has 0 radical (unpaired) electrons. The van der Waals surface area contributed by atoms with E-state index in [4.69, 9.17) is 0 Å². The predicted octanol–water partition coefficient (Wildman–Crippen LogP) is 1.03. The summed E-state index contributed by atoms with van der Waals surface area (Å²) in [6, 6.07) is 6.21. The van der Waals surface area contributed by atoms with Crippen LogP contribution in [0.4, 0.5) is 0 Å². The number of hydroxylamine groups is 2. The van der Waals surface area contributed by atoms with Crippen molar-refractivity contribution in [3.8, 4) is 0 Å². The summed E-state index contributed by atoms with van der Waals surface area (Å²) >= 11 is 0.286. The lowest BCUT2D eigenvalue weighted by atomic mass is 9.99. The molecule has 1 aromatic rings. The molecule has 1 unspecified atom stereocenters. The van der Waals surface area contributed by atoms with Gasteiger partial charge in [0.2, 0.25) is 4.99 Å². The zero-order valence-corrected chi connectivity index (χ0v) is 11.2. The van der Waals surface area contributed by atoms with Gasteiger partial charge in [0.25, 0.3) is 0 Å². The Morgan fingerprint density at radius 1 is 1.28 bits per heavy atom. The van der Waals surface area contributed by atoms with Crippen molar-refractivity contribution in [3.05, 3.63) is 64.0 Å². The first-order chi connectivity index (χ1) is 8.61. The monoisotopic (exact) mass is 261 g/mol. The fraction of sp³-hybridized carbons (Fsp3) is 0.214. The smallest absolute Gasteiger partial charge is 0.233 e. The summed E-state index contributed by atoms with van der Waals surface area (Å²) in [6.07, 6.45) is 5.61. The lowest BCUT2D eigenvalue weighted by molar-refractivity contribution is -0.680. The highest BCUT2D eigenvalue weighted by molar-refractivity contribution is 7.66. The summed E-state index contributed by atoms with van der Waals surface area (Å²) in [4.78, 5) is 0.315. The van der Waals surface area contributed by atoms with Gasteiger partial charge >= 0.3 is 0 Å². The number of aryl methyl sites for hydroxylation is 2. The van der Waals surface area contributed by atoms with Gasteiger partial charge in [-0.05, 0) is 42.7 Å². The minimum absolute atomic E-state index is 0.184. The van der Waals surface area contributed by atoms with Gasteiger partial charge in [0, 0.05) is 12.0 Å². The van der Waals surface area contributed by atoms with Crippen LogP contribution in [-0.4, -0.2) is 9.20 Å². The van der Waals surface area contributed by atoms with Gasteiger partial charge in [0.05, 0.1) is 0 Å². The van der Waals surface area contributed by atoms with Gasteiger partial charge in [-0.15, -0.1) is 0 Å². The van der Waals surface area contributed by atoms with Crippen molar-refractivity contribution >= 4 is 16.2 Å². The van der Waals surface area contributed by atoms with Crippen LogP contribution in [0, 0.1) is 19.1 Å². The van der Waals surface area contributed by atoms with Gasteiger partial charge in [-0.25, -0.2) is 4.21 Å². The molecular weight excluding hydrogens is 246 g/mol. The normalized spacial score (nSPS) is 18.7. The number of hydrogen-bond donors (Lipinski definition) is 1. The number of allylic oxidation sites excluding steroid dienone is 2. The third-order valence-electron chi connectivity index (χ3n) is 3.11. The third-order valence-corrected chi connectivity index (χ3v) is 3.74. The number of quaternary nitrogens is 1. The fourth-order valence-electron chi connectivity index (χ4n) is 1.93. The highest BCUT2D eigenvalue weighted by atomic mass is 32.1. The molecule has 1 heterocycles. The second kappa shape index (κ2) is 5.44. The maximum Gasteiger partial charge on any atom is 0.233 e. The molecule has 0 fully saturated rings. The van der Waals surface area contributed by atoms with E-state index in [9.17, 15) is 9.42 Å². The average Bonchev–Trinajstić information content (AvgIpc) is 2.34. The highest BCUT2D eigenvalue weighted by Crippen LogP contribution is 2.14. The predicted molar refractivity (Wildman–Crippen MR) is 74.3 cm³/mol. The van der Waals surface area contributed by atoms with Gasteiger partial charge in [-0.3, -0.25) is 0 Å². The van der Waals surface area contributed by atoms with E-state index in [0.29, 0.717) is 11.4 Å². The first-order valence-electron chi connectivity index (χ1n) is 5.76. The molecular formula is C14H15NO2S. The number of nitrogens with one attached hydrogen (secondary N) is 1. The second-order valence-electron chi connectivity index (χ2n) is 4.42. The van der Waals surface area contributed by atoms with E-state index >= 15 is 0 Å². The Balaban J connectivity index is 2.28. The summed E-state index contributed by atoms with van der Waals surface area (Å²) < 4.78 is 11.0. The molecule has 0 bridgehead atoms. The number of hydrogen-bond acceptors (Lipinski definition) is 2. The third kappa shape index (κ3) is 2.67. The summed E-state index contributed by atoms with van der Waals surface area (Å²) in [6.45, 7) is 4.13. The van der Waals surface area contributed by atoms with Crippen molar-refractivity contribution in [3.63, 3.8) is 0 Å². The number of benzene rings is 1. The van der Waals surface area contributed by atoms with Gasteiger partial charge in [-0.1, -0.05) is 18.2 Å². The van der Waals surface area contributed by atoms with Gasteiger partial charge < -0.3 is 10.3 Å². The minimum Gasteiger partial charge on any atom is -0.623 e. The molecule has 0 spiro atoms. The molecule has 1 atom stereocenters. The molecule has 1 N–H and O–H groups in total. The fourth-order valence-corrected chi connectivity index (χ4v) is 2.33. The quantitative estimate of drug-likeness (QED) is 0.638. The summed E-state index contributed by atoms with van der Waals surface area (Å²) in [5.74, 6) is 0. The van der Waals surface area contributed by atoms with Gasteiger partial charge in [0.1, 0.15) is 6.20 Å². The molecule has 1 aliphatic rings. The largest absolute Gasteiger partial charge is 0.623 e. The molecule has 0 aromatic heterocycles. The topological polar surface area (TPSA) is 44.6 Å². The lowest BCUT2D eigenvalue weighted by Gasteiger charge is -2.21. The van der Waals surface area contributed by atoms with Crippen LogP contribution < -0.4 is 5.06 Å². The molecule has 18 heavy (non-hydrogen) atoms. The first kappa shape index (κ1) is 13.0. The van der Waals surface area contributed by atoms with Crippen LogP contribution in [0.25, 0.3) is 0 Å².